The average Bonchev–Trinajstić information content (AvgIpc) is 3.72. The van der Waals surface area contributed by atoms with E-state index in [2.05, 4.69) is 44.8 Å². The second-order valence-electron chi connectivity index (χ2n) is 8.59. The van der Waals surface area contributed by atoms with Crippen LogP contribution in [-0.2, 0) is 11.8 Å². The number of nitrogens with one attached hydrogen (secondary N) is 2. The Hall–Kier alpha value is -3.56. The molecule has 4 heterocycles. The van der Waals surface area contributed by atoms with Crippen LogP contribution < -0.4 is 5.32 Å². The summed E-state index contributed by atoms with van der Waals surface area (Å²) in [4.78, 5) is 16.5. The third-order valence-corrected chi connectivity index (χ3v) is 7.56. The Kier molecular flexibility index (Phi) is 7.11. The summed E-state index contributed by atoms with van der Waals surface area (Å²) in [5.74, 6) is 2.19. The molecule has 1 aliphatic carbocycles. The molecule has 1 fully saturated rings. The van der Waals surface area contributed by atoms with E-state index in [1.165, 1.54) is 0 Å². The van der Waals surface area contributed by atoms with Crippen LogP contribution >= 0.6 is 11.3 Å². The van der Waals surface area contributed by atoms with Crippen LogP contribution in [0.4, 0.5) is 5.82 Å². The first-order valence-corrected chi connectivity index (χ1v) is 13.2. The summed E-state index contributed by atoms with van der Waals surface area (Å²) in [6, 6.07) is 12.7. The molecule has 36 heavy (non-hydrogen) atoms. The maximum absolute atomic E-state index is 5.62. The highest BCUT2D eigenvalue weighted by Crippen LogP contribution is 2.46. The van der Waals surface area contributed by atoms with Crippen LogP contribution in [0.5, 0.6) is 0 Å². The summed E-state index contributed by atoms with van der Waals surface area (Å²) in [5.41, 5.74) is 3.20. The lowest BCUT2D eigenvalue weighted by Gasteiger charge is -2.16. The molecule has 0 spiro atoms. The lowest BCUT2D eigenvalue weighted by atomic mass is 10.0. The van der Waals surface area contributed by atoms with Gasteiger partial charge in [0.05, 0.1) is 22.1 Å². The van der Waals surface area contributed by atoms with E-state index in [1.54, 1.807) is 30.8 Å². The topological polar surface area (TPSA) is 93.5 Å². The Morgan fingerprint density at radius 2 is 1.92 bits per heavy atom. The van der Waals surface area contributed by atoms with E-state index >= 15 is 0 Å². The Morgan fingerprint density at radius 1 is 1.08 bits per heavy atom. The number of aromatic amines is 1. The fraction of sp³-hybridized carbons (Fsp3) is 0.333. The second kappa shape index (κ2) is 10.6. The molecule has 1 aromatic carbocycles. The van der Waals surface area contributed by atoms with Gasteiger partial charge in [0.15, 0.2) is 11.6 Å². The van der Waals surface area contributed by atoms with Crippen molar-refractivity contribution >= 4 is 27.4 Å². The number of imidazole rings is 1. The molecule has 0 saturated heterocycles. The molecule has 2 atom stereocenters. The van der Waals surface area contributed by atoms with Crippen LogP contribution in [-0.4, -0.2) is 49.0 Å². The van der Waals surface area contributed by atoms with Crippen molar-refractivity contribution in [1.29, 1.82) is 0 Å². The number of hydrogen-bond acceptors (Lipinski definition) is 7. The summed E-state index contributed by atoms with van der Waals surface area (Å²) in [5, 5.41) is 12.1. The molecule has 5 aromatic rings. The van der Waals surface area contributed by atoms with Crippen molar-refractivity contribution in [2.45, 2.75) is 45.3 Å². The van der Waals surface area contributed by atoms with Gasteiger partial charge in [-0.2, -0.15) is 5.10 Å². The zero-order chi connectivity index (χ0) is 25.1. The smallest absolute Gasteiger partial charge is 0.199 e. The van der Waals surface area contributed by atoms with E-state index in [4.69, 9.17) is 14.7 Å². The van der Waals surface area contributed by atoms with Gasteiger partial charge in [0.25, 0.3) is 0 Å². The third kappa shape index (κ3) is 4.52. The number of nitrogens with zero attached hydrogens (tertiary/aromatic N) is 5. The Balaban J connectivity index is 0.00000130. The zero-order valence-corrected chi connectivity index (χ0v) is 21.8. The molecule has 0 bridgehead atoms. The van der Waals surface area contributed by atoms with Crippen molar-refractivity contribution in [1.82, 2.24) is 29.7 Å². The molecular formula is C27H31N7OS. The number of aromatic nitrogens is 6. The maximum atomic E-state index is 5.62. The zero-order valence-electron chi connectivity index (χ0n) is 21.0. The first-order chi connectivity index (χ1) is 17.7. The first-order valence-electron chi connectivity index (χ1n) is 12.4. The van der Waals surface area contributed by atoms with Crippen LogP contribution in [0.15, 0.2) is 55.0 Å². The summed E-state index contributed by atoms with van der Waals surface area (Å²) >= 11 is 1.65. The minimum absolute atomic E-state index is 0.278. The van der Waals surface area contributed by atoms with Gasteiger partial charge in [0.2, 0.25) is 0 Å². The largest absolute Gasteiger partial charge is 0.381 e. The highest BCUT2D eigenvalue weighted by molar-refractivity contribution is 7.22. The number of H-pyrrole nitrogens is 1. The highest BCUT2D eigenvalue weighted by atomic mass is 32.1. The molecule has 4 aromatic heterocycles. The van der Waals surface area contributed by atoms with Gasteiger partial charge >= 0.3 is 0 Å². The van der Waals surface area contributed by atoms with Crippen LogP contribution in [0.1, 0.15) is 33.1 Å². The van der Waals surface area contributed by atoms with Crippen molar-refractivity contribution in [3.8, 4) is 33.3 Å². The molecule has 1 saturated carbocycles. The van der Waals surface area contributed by atoms with Crippen LogP contribution in [0.2, 0.25) is 0 Å². The van der Waals surface area contributed by atoms with Crippen molar-refractivity contribution in [3.63, 3.8) is 0 Å². The number of ether oxygens (including phenoxy) is 1. The van der Waals surface area contributed by atoms with Crippen LogP contribution in [0.25, 0.3) is 43.6 Å². The lowest BCUT2D eigenvalue weighted by molar-refractivity contribution is 0.108. The first kappa shape index (κ1) is 24.1. The van der Waals surface area contributed by atoms with Crippen molar-refractivity contribution < 1.29 is 4.74 Å². The number of aryl methyl sites for hydroxylation is 1. The monoisotopic (exact) mass is 501 g/mol. The third-order valence-electron chi connectivity index (χ3n) is 6.44. The number of fused-ring (bicyclic) bond motifs is 1. The van der Waals surface area contributed by atoms with Crippen molar-refractivity contribution in [2.75, 3.05) is 12.4 Å². The molecule has 0 radical (unpaired) electrons. The minimum Gasteiger partial charge on any atom is -0.381 e. The van der Waals surface area contributed by atoms with E-state index in [9.17, 15) is 0 Å². The standard InChI is InChI=1S/C25H25N7OS.C2H6/c1-32-13-12-26-24(32)23-29-22(28-16-8-9-17(14-16)33-2)20-19(15-6-4-3-5-7-15)21(34-25(20)30-23)18-10-11-27-31-18;1-2/h3-7,10-13,16-17H,8-9,14H2,1-2H3,(H,27,31)(H,28,29,30);1-2H3. The molecule has 8 nitrogen and oxygen atoms in total. The summed E-state index contributed by atoms with van der Waals surface area (Å²) in [6.45, 7) is 4.00. The van der Waals surface area contributed by atoms with Gasteiger partial charge < -0.3 is 14.6 Å². The Bertz CT molecular complexity index is 1430. The van der Waals surface area contributed by atoms with E-state index in [1.807, 2.05) is 43.8 Å². The van der Waals surface area contributed by atoms with Gasteiger partial charge in [-0.1, -0.05) is 44.2 Å². The van der Waals surface area contributed by atoms with Crippen LogP contribution in [0, 0.1) is 0 Å². The fourth-order valence-corrected chi connectivity index (χ4v) is 5.89. The molecule has 0 aliphatic heterocycles. The van der Waals surface area contributed by atoms with E-state index in [0.29, 0.717) is 5.82 Å². The van der Waals surface area contributed by atoms with Crippen LogP contribution in [0.3, 0.4) is 0 Å². The number of hydrogen-bond donors (Lipinski definition) is 2. The maximum Gasteiger partial charge on any atom is 0.199 e. The molecule has 9 heteroatoms. The predicted octanol–water partition coefficient (Wildman–Crippen LogP) is 6.15. The SMILES string of the molecule is CC.COC1CCC(Nc2nc(-c3nccn3C)nc3sc(-c4ccn[nH]4)c(-c4ccccc4)c23)C1. The number of thiophene rings is 1. The van der Waals surface area contributed by atoms with Gasteiger partial charge in [-0.3, -0.25) is 5.10 Å². The van der Waals surface area contributed by atoms with Gasteiger partial charge in [-0.25, -0.2) is 15.0 Å². The lowest BCUT2D eigenvalue weighted by Crippen LogP contribution is -2.18. The molecule has 2 unspecified atom stereocenters. The predicted molar refractivity (Wildman–Crippen MR) is 146 cm³/mol. The average molecular weight is 502 g/mol. The summed E-state index contributed by atoms with van der Waals surface area (Å²) in [6.07, 6.45) is 8.79. The normalized spacial score (nSPS) is 17.2. The van der Waals surface area contributed by atoms with Gasteiger partial charge in [-0.05, 0) is 30.9 Å². The summed E-state index contributed by atoms with van der Waals surface area (Å²) in [7, 11) is 3.75. The minimum atomic E-state index is 0.278. The van der Waals surface area contributed by atoms with E-state index < -0.39 is 0 Å². The number of anilines is 1. The quantitative estimate of drug-likeness (QED) is 0.290. The fourth-order valence-electron chi connectivity index (χ4n) is 4.72. The van der Waals surface area contributed by atoms with E-state index in [0.717, 1.165) is 62.8 Å². The van der Waals surface area contributed by atoms with Gasteiger partial charge in [0, 0.05) is 44.4 Å². The summed E-state index contributed by atoms with van der Waals surface area (Å²) < 4.78 is 7.56. The number of rotatable bonds is 6. The van der Waals surface area contributed by atoms with Gasteiger partial charge in [-0.15, -0.1) is 11.3 Å². The highest BCUT2D eigenvalue weighted by Gasteiger charge is 2.28. The van der Waals surface area contributed by atoms with E-state index in [-0.39, 0.29) is 12.1 Å². The Labute approximate surface area is 214 Å². The molecule has 2 N–H and O–H groups in total. The number of methoxy groups -OCH3 is 1. The second-order valence-corrected chi connectivity index (χ2v) is 9.59. The van der Waals surface area contributed by atoms with Crippen molar-refractivity contribution in [3.05, 3.63) is 55.0 Å². The number of benzene rings is 1. The molecule has 186 valence electrons. The molecular weight excluding hydrogens is 470 g/mol. The molecule has 6 rings (SSSR count). The molecule has 1 aliphatic rings. The Morgan fingerprint density at radius 3 is 2.58 bits per heavy atom. The van der Waals surface area contributed by atoms with Crippen molar-refractivity contribution in [2.24, 2.45) is 7.05 Å². The van der Waals surface area contributed by atoms with Gasteiger partial charge in [0.1, 0.15) is 10.6 Å². The molecule has 0 amide bonds.